The number of primary amides is 1. The second-order valence-electron chi connectivity index (χ2n) is 7.08. The number of amides is 3. The first-order valence-corrected chi connectivity index (χ1v) is 9.16. The van der Waals surface area contributed by atoms with Crippen LogP contribution in [-0.4, -0.2) is 76.8 Å². The van der Waals surface area contributed by atoms with Crippen LogP contribution in [0.3, 0.4) is 0 Å². The maximum atomic E-state index is 12.1. The van der Waals surface area contributed by atoms with Gasteiger partial charge in [-0.25, -0.2) is 0 Å². The smallest absolute Gasteiger partial charge is 0.243 e. The highest BCUT2D eigenvalue weighted by Crippen LogP contribution is 2.10. The molecule has 150 valence electrons. The van der Waals surface area contributed by atoms with Crippen LogP contribution in [0.2, 0.25) is 0 Å². The number of hydrogen-bond donors (Lipinski definition) is 5. The molecule has 6 N–H and O–H groups in total. The fourth-order valence-corrected chi connectivity index (χ4v) is 3.06. The Labute approximate surface area is 154 Å². The zero-order chi connectivity index (χ0) is 19.7. The molecular formula is C17H32N4O5. The second kappa shape index (κ2) is 11.1. The van der Waals surface area contributed by atoms with Gasteiger partial charge >= 0.3 is 0 Å². The summed E-state index contributed by atoms with van der Waals surface area (Å²) in [5.74, 6) is -1.04. The molecule has 26 heavy (non-hydrogen) atoms. The molecule has 4 unspecified atom stereocenters. The van der Waals surface area contributed by atoms with Gasteiger partial charge in [0.05, 0.1) is 12.2 Å². The van der Waals surface area contributed by atoms with Crippen molar-refractivity contribution in [1.82, 2.24) is 15.5 Å². The van der Waals surface area contributed by atoms with E-state index in [-0.39, 0.29) is 24.7 Å². The largest absolute Gasteiger partial charge is 0.392 e. The van der Waals surface area contributed by atoms with E-state index in [1.807, 2.05) is 4.90 Å². The van der Waals surface area contributed by atoms with Crippen molar-refractivity contribution >= 4 is 17.7 Å². The first-order chi connectivity index (χ1) is 12.2. The van der Waals surface area contributed by atoms with Crippen molar-refractivity contribution in [3.8, 4) is 0 Å². The highest BCUT2D eigenvalue weighted by atomic mass is 16.3. The number of nitrogens with zero attached hydrogens (tertiary/aromatic N) is 1. The van der Waals surface area contributed by atoms with Gasteiger partial charge in [-0.1, -0.05) is 0 Å². The lowest BCUT2D eigenvalue weighted by Crippen LogP contribution is -2.61. The van der Waals surface area contributed by atoms with Crippen molar-refractivity contribution in [3.05, 3.63) is 0 Å². The van der Waals surface area contributed by atoms with Crippen LogP contribution in [0.25, 0.3) is 0 Å². The maximum absolute atomic E-state index is 12.1. The Bertz CT molecular complexity index is 474. The highest BCUT2D eigenvalue weighted by Gasteiger charge is 2.33. The fraction of sp³-hybridized carbons (Fsp3) is 0.824. The molecule has 0 radical (unpaired) electrons. The summed E-state index contributed by atoms with van der Waals surface area (Å²) in [5.41, 5.74) is 5.06. The third kappa shape index (κ3) is 8.59. The van der Waals surface area contributed by atoms with Crippen molar-refractivity contribution in [2.24, 2.45) is 5.73 Å². The van der Waals surface area contributed by atoms with Crippen molar-refractivity contribution in [2.45, 2.75) is 70.2 Å². The van der Waals surface area contributed by atoms with Gasteiger partial charge in [0.15, 0.2) is 0 Å². The molecule has 9 nitrogen and oxygen atoms in total. The minimum absolute atomic E-state index is 0.0471. The molecule has 9 heteroatoms. The molecule has 0 aromatic rings. The molecule has 1 aliphatic rings. The summed E-state index contributed by atoms with van der Waals surface area (Å²) < 4.78 is 0. The topological polar surface area (TPSA) is 145 Å². The number of aliphatic hydroxyl groups excluding tert-OH is 2. The van der Waals surface area contributed by atoms with Crippen LogP contribution in [-0.2, 0) is 14.4 Å². The number of rotatable bonds is 12. The zero-order valence-electron chi connectivity index (χ0n) is 15.6. The van der Waals surface area contributed by atoms with Gasteiger partial charge in [0, 0.05) is 19.5 Å². The average Bonchev–Trinajstić information content (AvgIpc) is 2.51. The van der Waals surface area contributed by atoms with Crippen molar-refractivity contribution in [3.63, 3.8) is 0 Å². The van der Waals surface area contributed by atoms with E-state index in [1.54, 1.807) is 13.8 Å². The molecule has 1 rings (SSSR count). The minimum atomic E-state index is -0.709. The lowest BCUT2D eigenvalue weighted by Gasteiger charge is -2.30. The molecule has 0 bridgehead atoms. The van der Waals surface area contributed by atoms with Gasteiger partial charge in [-0.2, -0.15) is 0 Å². The fourth-order valence-electron chi connectivity index (χ4n) is 3.06. The number of carbonyl (C=O) groups is 3. The van der Waals surface area contributed by atoms with Crippen LogP contribution in [0.1, 0.15) is 46.0 Å². The Kier molecular flexibility index (Phi) is 9.53. The number of nitrogens with one attached hydrogen (secondary N) is 2. The molecule has 4 atom stereocenters. The zero-order valence-corrected chi connectivity index (χ0v) is 15.6. The van der Waals surface area contributed by atoms with Crippen molar-refractivity contribution in [1.29, 1.82) is 0 Å². The SMILES string of the molecule is CC(O)CN(CCCCC1NC(=O)C(CCC(N)=O)NC1=O)CC(C)O. The van der Waals surface area contributed by atoms with E-state index >= 15 is 0 Å². The molecule has 0 aliphatic carbocycles. The lowest BCUT2D eigenvalue weighted by atomic mass is 10.0. The van der Waals surface area contributed by atoms with Crippen LogP contribution in [0.15, 0.2) is 0 Å². The average molecular weight is 372 g/mol. The van der Waals surface area contributed by atoms with Crippen LogP contribution in [0, 0.1) is 0 Å². The number of nitrogens with two attached hydrogens (primary N) is 1. The van der Waals surface area contributed by atoms with Crippen LogP contribution in [0.5, 0.6) is 0 Å². The summed E-state index contributed by atoms with van der Waals surface area (Å²) in [4.78, 5) is 36.9. The van der Waals surface area contributed by atoms with Gasteiger partial charge in [0.25, 0.3) is 0 Å². The van der Waals surface area contributed by atoms with Gasteiger partial charge in [0.2, 0.25) is 17.7 Å². The van der Waals surface area contributed by atoms with E-state index < -0.39 is 30.2 Å². The monoisotopic (exact) mass is 372 g/mol. The van der Waals surface area contributed by atoms with Gasteiger partial charge in [0.1, 0.15) is 12.1 Å². The van der Waals surface area contributed by atoms with E-state index in [0.29, 0.717) is 26.1 Å². The van der Waals surface area contributed by atoms with E-state index in [1.165, 1.54) is 0 Å². The maximum Gasteiger partial charge on any atom is 0.243 e. The molecular weight excluding hydrogens is 340 g/mol. The van der Waals surface area contributed by atoms with Crippen LogP contribution < -0.4 is 16.4 Å². The van der Waals surface area contributed by atoms with Crippen LogP contribution >= 0.6 is 0 Å². The highest BCUT2D eigenvalue weighted by molar-refractivity contribution is 5.97. The number of piperazine rings is 1. The minimum Gasteiger partial charge on any atom is -0.392 e. The Balaban J connectivity index is 2.35. The van der Waals surface area contributed by atoms with Crippen molar-refractivity contribution in [2.75, 3.05) is 19.6 Å². The van der Waals surface area contributed by atoms with E-state index in [0.717, 1.165) is 12.8 Å². The number of aliphatic hydroxyl groups is 2. The number of carbonyl (C=O) groups excluding carboxylic acids is 3. The Hall–Kier alpha value is -1.71. The molecule has 0 aromatic heterocycles. The molecule has 1 saturated heterocycles. The lowest BCUT2D eigenvalue weighted by molar-refractivity contribution is -0.137. The molecule has 0 aromatic carbocycles. The summed E-state index contributed by atoms with van der Waals surface area (Å²) >= 11 is 0. The predicted molar refractivity (Wildman–Crippen MR) is 95.9 cm³/mol. The first kappa shape index (κ1) is 22.3. The van der Waals surface area contributed by atoms with Crippen LogP contribution in [0.4, 0.5) is 0 Å². The Morgan fingerprint density at radius 1 is 1.04 bits per heavy atom. The summed E-state index contributed by atoms with van der Waals surface area (Å²) in [5, 5.41) is 24.4. The standard InChI is InChI=1S/C17H32N4O5/c1-11(22)9-21(10-12(2)23)8-4-3-5-13-16(25)20-14(17(26)19-13)6-7-15(18)24/h11-14,22-23H,3-10H2,1-2H3,(H2,18,24)(H,19,26)(H,20,25). The molecule has 3 amide bonds. The molecule has 1 fully saturated rings. The first-order valence-electron chi connectivity index (χ1n) is 9.16. The second-order valence-corrected chi connectivity index (χ2v) is 7.08. The van der Waals surface area contributed by atoms with Gasteiger partial charge < -0.3 is 26.6 Å². The number of hydrogen-bond acceptors (Lipinski definition) is 6. The number of unbranched alkanes of at least 4 members (excludes halogenated alkanes) is 1. The van der Waals surface area contributed by atoms with Gasteiger partial charge in [-0.05, 0) is 46.1 Å². The summed E-state index contributed by atoms with van der Waals surface area (Å²) in [6.07, 6.45) is 1.31. The Morgan fingerprint density at radius 2 is 1.54 bits per heavy atom. The molecule has 0 saturated carbocycles. The third-order valence-electron chi connectivity index (χ3n) is 4.21. The van der Waals surface area contributed by atoms with E-state index in [4.69, 9.17) is 5.73 Å². The Morgan fingerprint density at radius 3 is 2.00 bits per heavy atom. The van der Waals surface area contributed by atoms with Crippen molar-refractivity contribution < 1.29 is 24.6 Å². The summed E-state index contributed by atoms with van der Waals surface area (Å²) in [7, 11) is 0. The van der Waals surface area contributed by atoms with Gasteiger partial charge in [-0.3, -0.25) is 19.3 Å². The normalized spacial score (nSPS) is 22.7. The molecule has 1 aliphatic heterocycles. The van der Waals surface area contributed by atoms with Gasteiger partial charge in [-0.15, -0.1) is 0 Å². The summed E-state index contributed by atoms with van der Waals surface area (Å²) in [6.45, 7) is 5.05. The molecule has 1 heterocycles. The summed E-state index contributed by atoms with van der Waals surface area (Å²) in [6, 6.07) is -1.28. The third-order valence-corrected chi connectivity index (χ3v) is 4.21. The molecule has 0 spiro atoms. The quantitative estimate of drug-likeness (QED) is 0.263. The van der Waals surface area contributed by atoms with E-state index in [2.05, 4.69) is 10.6 Å². The predicted octanol–water partition coefficient (Wildman–Crippen LogP) is -1.53. The van der Waals surface area contributed by atoms with E-state index in [9.17, 15) is 24.6 Å².